The van der Waals surface area contributed by atoms with Crippen LogP contribution in [0.15, 0.2) is 70.9 Å². The number of hydrogen-bond donors (Lipinski definition) is 1. The Labute approximate surface area is 184 Å². The van der Waals surface area contributed by atoms with Crippen LogP contribution in [0.5, 0.6) is 0 Å². The van der Waals surface area contributed by atoms with Crippen LogP contribution in [-0.4, -0.2) is 44.8 Å². The molecule has 9 heteroatoms. The number of anilines is 2. The number of carbonyl (C=O) groups is 1. The highest BCUT2D eigenvalue weighted by molar-refractivity contribution is 7.89. The molecule has 3 aromatic rings. The third kappa shape index (κ3) is 4.22. The fraction of sp³-hybridized carbons (Fsp3) is 0.190. The molecule has 1 aliphatic rings. The number of thiophene rings is 1. The molecule has 1 saturated heterocycles. The van der Waals surface area contributed by atoms with Crippen LogP contribution in [0.4, 0.5) is 11.4 Å². The molecule has 1 aliphatic heterocycles. The third-order valence-corrected chi connectivity index (χ3v) is 8.22. The van der Waals surface area contributed by atoms with Crippen molar-refractivity contribution in [2.75, 3.05) is 36.4 Å². The average molecular weight is 462 g/mol. The van der Waals surface area contributed by atoms with Gasteiger partial charge in [0.1, 0.15) is 9.77 Å². The minimum Gasteiger partial charge on any atom is -0.368 e. The second-order valence-corrected chi connectivity index (χ2v) is 10.0. The monoisotopic (exact) mass is 461 g/mol. The van der Waals surface area contributed by atoms with Gasteiger partial charge in [-0.2, -0.15) is 4.31 Å². The number of nitrogens with zero attached hydrogens (tertiary/aromatic N) is 2. The second kappa shape index (κ2) is 8.77. The zero-order valence-electron chi connectivity index (χ0n) is 16.0. The molecule has 0 radical (unpaired) electrons. The van der Waals surface area contributed by atoms with E-state index in [4.69, 9.17) is 11.6 Å². The molecule has 0 atom stereocenters. The molecule has 1 amide bonds. The van der Waals surface area contributed by atoms with Crippen LogP contribution in [0.25, 0.3) is 0 Å². The van der Waals surface area contributed by atoms with Crippen LogP contribution in [0.1, 0.15) is 9.67 Å². The summed E-state index contributed by atoms with van der Waals surface area (Å²) >= 11 is 7.39. The predicted molar refractivity (Wildman–Crippen MR) is 121 cm³/mol. The van der Waals surface area contributed by atoms with Gasteiger partial charge in [-0.1, -0.05) is 41.9 Å². The van der Waals surface area contributed by atoms with Gasteiger partial charge in [0.25, 0.3) is 5.91 Å². The average Bonchev–Trinajstić information content (AvgIpc) is 3.26. The first-order chi connectivity index (χ1) is 14.5. The first kappa shape index (κ1) is 20.9. The SMILES string of the molecule is O=C(Nc1ccccc1)c1sccc1S(=O)(=O)N1CCN(c2ccccc2Cl)CC1. The zero-order chi connectivity index (χ0) is 21.1. The van der Waals surface area contributed by atoms with Gasteiger partial charge in [-0.15, -0.1) is 11.3 Å². The van der Waals surface area contributed by atoms with E-state index in [1.807, 2.05) is 30.3 Å². The van der Waals surface area contributed by atoms with Crippen LogP contribution in [0, 0.1) is 0 Å². The first-order valence-electron chi connectivity index (χ1n) is 9.40. The van der Waals surface area contributed by atoms with Crippen molar-refractivity contribution < 1.29 is 13.2 Å². The number of amides is 1. The van der Waals surface area contributed by atoms with Crippen LogP contribution < -0.4 is 10.2 Å². The number of nitrogens with one attached hydrogen (secondary N) is 1. The van der Waals surface area contributed by atoms with E-state index in [2.05, 4.69) is 10.2 Å². The molecule has 0 unspecified atom stereocenters. The summed E-state index contributed by atoms with van der Waals surface area (Å²) in [6.07, 6.45) is 0. The Kier molecular flexibility index (Phi) is 6.10. The van der Waals surface area contributed by atoms with E-state index in [1.54, 1.807) is 29.6 Å². The Morgan fingerprint density at radius 3 is 2.30 bits per heavy atom. The van der Waals surface area contributed by atoms with Gasteiger partial charge in [0.15, 0.2) is 0 Å². The molecule has 2 aromatic carbocycles. The smallest absolute Gasteiger partial charge is 0.267 e. The van der Waals surface area contributed by atoms with E-state index in [9.17, 15) is 13.2 Å². The van der Waals surface area contributed by atoms with Gasteiger partial charge < -0.3 is 10.2 Å². The number of halogens is 1. The minimum atomic E-state index is -3.78. The van der Waals surface area contributed by atoms with Crippen molar-refractivity contribution in [1.82, 2.24) is 4.31 Å². The molecule has 156 valence electrons. The fourth-order valence-corrected chi connectivity index (χ4v) is 6.37. The zero-order valence-corrected chi connectivity index (χ0v) is 18.4. The predicted octanol–water partition coefficient (Wildman–Crippen LogP) is 4.16. The molecule has 0 bridgehead atoms. The van der Waals surface area contributed by atoms with Gasteiger partial charge in [-0.25, -0.2) is 8.42 Å². The molecule has 6 nitrogen and oxygen atoms in total. The van der Waals surface area contributed by atoms with Crippen LogP contribution in [0.3, 0.4) is 0 Å². The van der Waals surface area contributed by atoms with Crippen molar-refractivity contribution in [3.8, 4) is 0 Å². The van der Waals surface area contributed by atoms with Crippen LogP contribution in [-0.2, 0) is 10.0 Å². The molecule has 2 heterocycles. The Morgan fingerprint density at radius 1 is 0.933 bits per heavy atom. The molecule has 1 fully saturated rings. The normalized spacial score (nSPS) is 15.2. The lowest BCUT2D eigenvalue weighted by molar-refractivity contribution is 0.102. The van der Waals surface area contributed by atoms with Crippen molar-refractivity contribution in [2.24, 2.45) is 0 Å². The van der Waals surface area contributed by atoms with Crippen molar-refractivity contribution >= 4 is 50.2 Å². The molecule has 0 spiro atoms. The highest BCUT2D eigenvalue weighted by Gasteiger charge is 2.33. The van der Waals surface area contributed by atoms with Gasteiger partial charge in [0, 0.05) is 31.9 Å². The van der Waals surface area contributed by atoms with Crippen LogP contribution in [0.2, 0.25) is 5.02 Å². The summed E-state index contributed by atoms with van der Waals surface area (Å²) in [6.45, 7) is 1.70. The molecule has 1 aromatic heterocycles. The Balaban J connectivity index is 1.49. The van der Waals surface area contributed by atoms with E-state index in [1.165, 1.54) is 10.4 Å². The Bertz CT molecular complexity index is 1140. The fourth-order valence-electron chi connectivity index (χ4n) is 3.39. The summed E-state index contributed by atoms with van der Waals surface area (Å²) in [4.78, 5) is 15.0. The maximum Gasteiger partial charge on any atom is 0.267 e. The van der Waals surface area contributed by atoms with Crippen molar-refractivity contribution in [2.45, 2.75) is 4.90 Å². The van der Waals surface area contributed by atoms with E-state index >= 15 is 0 Å². The summed E-state index contributed by atoms with van der Waals surface area (Å²) in [6, 6.07) is 18.0. The number of rotatable bonds is 5. The molecule has 4 rings (SSSR count). The van der Waals surface area contributed by atoms with E-state index < -0.39 is 15.9 Å². The molecule has 30 heavy (non-hydrogen) atoms. The molecular formula is C21H20ClN3O3S2. The van der Waals surface area contributed by atoms with Gasteiger partial charge >= 0.3 is 0 Å². The van der Waals surface area contributed by atoms with Crippen LogP contribution >= 0.6 is 22.9 Å². The summed E-state index contributed by atoms with van der Waals surface area (Å²) in [7, 11) is -3.78. The quantitative estimate of drug-likeness (QED) is 0.619. The number of piperazine rings is 1. The second-order valence-electron chi connectivity index (χ2n) is 6.78. The van der Waals surface area contributed by atoms with Gasteiger partial charge in [0.2, 0.25) is 10.0 Å². The number of hydrogen-bond acceptors (Lipinski definition) is 5. The minimum absolute atomic E-state index is 0.0483. The summed E-state index contributed by atoms with van der Waals surface area (Å²) in [5, 5.41) is 5.04. The van der Waals surface area contributed by atoms with E-state index in [-0.39, 0.29) is 9.77 Å². The number of carbonyl (C=O) groups excluding carboxylic acids is 1. The van der Waals surface area contributed by atoms with E-state index in [0.717, 1.165) is 17.0 Å². The maximum absolute atomic E-state index is 13.2. The van der Waals surface area contributed by atoms with Crippen molar-refractivity contribution in [3.63, 3.8) is 0 Å². The number of para-hydroxylation sites is 2. The summed E-state index contributed by atoms with van der Waals surface area (Å²) in [5.74, 6) is -0.426. The highest BCUT2D eigenvalue weighted by Crippen LogP contribution is 2.30. The van der Waals surface area contributed by atoms with E-state index in [0.29, 0.717) is 36.9 Å². The molecule has 1 N–H and O–H groups in total. The Morgan fingerprint density at radius 2 is 1.60 bits per heavy atom. The standard InChI is InChI=1S/C21H20ClN3O3S2/c22-17-8-4-5-9-18(17)24-11-13-25(14-12-24)30(27,28)19-10-15-29-20(19)21(26)23-16-6-2-1-3-7-16/h1-10,15H,11-14H2,(H,23,26). The Hall–Kier alpha value is -2.39. The highest BCUT2D eigenvalue weighted by atomic mass is 35.5. The third-order valence-electron chi connectivity index (χ3n) is 4.92. The van der Waals surface area contributed by atoms with Crippen molar-refractivity contribution in [1.29, 1.82) is 0 Å². The van der Waals surface area contributed by atoms with Gasteiger partial charge in [-0.3, -0.25) is 4.79 Å². The largest absolute Gasteiger partial charge is 0.368 e. The number of benzene rings is 2. The molecular weight excluding hydrogens is 442 g/mol. The van der Waals surface area contributed by atoms with Gasteiger partial charge in [-0.05, 0) is 35.7 Å². The number of sulfonamides is 1. The van der Waals surface area contributed by atoms with Crippen molar-refractivity contribution in [3.05, 3.63) is 75.9 Å². The lowest BCUT2D eigenvalue weighted by Crippen LogP contribution is -2.48. The molecule has 0 aliphatic carbocycles. The topological polar surface area (TPSA) is 69.7 Å². The summed E-state index contributed by atoms with van der Waals surface area (Å²) < 4.78 is 27.9. The lowest BCUT2D eigenvalue weighted by atomic mass is 10.2. The molecule has 0 saturated carbocycles. The van der Waals surface area contributed by atoms with Gasteiger partial charge in [0.05, 0.1) is 10.7 Å². The first-order valence-corrected chi connectivity index (χ1v) is 12.1. The maximum atomic E-state index is 13.2. The summed E-state index contributed by atoms with van der Waals surface area (Å²) in [5.41, 5.74) is 1.52. The lowest BCUT2D eigenvalue weighted by Gasteiger charge is -2.35.